The molecule has 6 rings (SSSR count). The van der Waals surface area contributed by atoms with Gasteiger partial charge in [0.15, 0.2) is 5.82 Å². The monoisotopic (exact) mass is 485 g/mol. The minimum absolute atomic E-state index is 0.243. The van der Waals surface area contributed by atoms with E-state index in [1.54, 1.807) is 6.07 Å². The molecule has 0 bridgehead atoms. The molecular weight excluding hydrogens is 457 g/mol. The van der Waals surface area contributed by atoms with Crippen molar-refractivity contribution < 1.29 is 9.13 Å². The molecule has 0 amide bonds. The Morgan fingerprint density at radius 1 is 1.06 bits per heavy atom. The Morgan fingerprint density at radius 3 is 2.81 bits per heavy atom. The van der Waals surface area contributed by atoms with E-state index in [0.29, 0.717) is 25.0 Å². The van der Waals surface area contributed by atoms with E-state index in [2.05, 4.69) is 20.5 Å². The number of anilines is 2. The third-order valence-corrected chi connectivity index (χ3v) is 6.86. The van der Waals surface area contributed by atoms with Crippen molar-refractivity contribution in [1.29, 1.82) is 0 Å². The fourth-order valence-electron chi connectivity index (χ4n) is 4.92. The molecule has 8 nitrogen and oxygen atoms in total. The maximum atomic E-state index is 13.6. The standard InChI is InChI=1S/C27H28FN7O/c28-21-3-1-2-18(12-21)15-35-25-9-6-23(13-20(25)14-31-35)33-27-26-19(10-11-34(26)32-17-30-27)16-36-24-7-4-22(29)5-8-24/h1-3,6,9-14,17,22,24H,4-5,7-8,15-16,29H2,(H,30,32,33). The molecule has 1 fully saturated rings. The van der Waals surface area contributed by atoms with E-state index in [1.807, 2.05) is 51.9 Å². The van der Waals surface area contributed by atoms with E-state index >= 15 is 0 Å². The first-order valence-electron chi connectivity index (χ1n) is 12.3. The highest BCUT2D eigenvalue weighted by atomic mass is 19.1. The zero-order valence-electron chi connectivity index (χ0n) is 19.8. The maximum absolute atomic E-state index is 13.6. The van der Waals surface area contributed by atoms with E-state index in [1.165, 1.54) is 18.5 Å². The number of aromatic nitrogens is 5. The molecule has 184 valence electrons. The molecule has 0 unspecified atom stereocenters. The SMILES string of the molecule is NC1CCC(OCc2ccn3ncnc(Nc4ccc5c(cnn5Cc5cccc(F)c5)c4)c23)CC1. The topological polar surface area (TPSA) is 95.3 Å². The highest BCUT2D eigenvalue weighted by molar-refractivity contribution is 5.85. The number of nitrogens with two attached hydrogens (primary N) is 1. The van der Waals surface area contributed by atoms with Crippen LogP contribution in [0.1, 0.15) is 36.8 Å². The number of nitrogens with zero attached hydrogens (tertiary/aromatic N) is 5. The Kier molecular flexibility index (Phi) is 6.08. The number of nitrogens with one attached hydrogen (secondary N) is 1. The van der Waals surface area contributed by atoms with Crippen LogP contribution in [0.5, 0.6) is 0 Å². The van der Waals surface area contributed by atoms with Gasteiger partial charge in [-0.05, 0) is 67.6 Å². The van der Waals surface area contributed by atoms with Crippen LogP contribution in [-0.4, -0.2) is 36.5 Å². The number of ether oxygens (including phenoxy) is 1. The molecule has 2 aromatic carbocycles. The van der Waals surface area contributed by atoms with Crippen molar-refractivity contribution in [3.05, 3.63) is 84.2 Å². The zero-order valence-corrected chi connectivity index (χ0v) is 19.8. The van der Waals surface area contributed by atoms with Crippen LogP contribution in [0.4, 0.5) is 15.9 Å². The minimum Gasteiger partial charge on any atom is -0.373 e. The Labute approximate surface area is 207 Å². The van der Waals surface area contributed by atoms with Gasteiger partial charge in [0.25, 0.3) is 0 Å². The van der Waals surface area contributed by atoms with Crippen LogP contribution in [0.25, 0.3) is 16.4 Å². The average molecular weight is 486 g/mol. The first-order chi connectivity index (χ1) is 17.6. The van der Waals surface area contributed by atoms with Crippen LogP contribution in [-0.2, 0) is 17.9 Å². The zero-order chi connectivity index (χ0) is 24.5. The van der Waals surface area contributed by atoms with Crippen molar-refractivity contribution in [3.63, 3.8) is 0 Å². The minimum atomic E-state index is -0.246. The smallest absolute Gasteiger partial charge is 0.158 e. The first-order valence-corrected chi connectivity index (χ1v) is 12.3. The van der Waals surface area contributed by atoms with E-state index in [0.717, 1.165) is 58.9 Å². The summed E-state index contributed by atoms with van der Waals surface area (Å²) in [4.78, 5) is 4.52. The van der Waals surface area contributed by atoms with Gasteiger partial charge in [0.1, 0.15) is 17.7 Å². The Morgan fingerprint density at radius 2 is 1.94 bits per heavy atom. The molecule has 0 radical (unpaired) electrons. The van der Waals surface area contributed by atoms with Gasteiger partial charge in [-0.2, -0.15) is 10.2 Å². The van der Waals surface area contributed by atoms with Crippen molar-refractivity contribution in [2.24, 2.45) is 5.73 Å². The van der Waals surface area contributed by atoms with Gasteiger partial charge in [0.2, 0.25) is 0 Å². The van der Waals surface area contributed by atoms with Crippen LogP contribution in [0.15, 0.2) is 67.3 Å². The van der Waals surface area contributed by atoms with Crippen molar-refractivity contribution in [2.75, 3.05) is 5.32 Å². The Hall–Kier alpha value is -3.82. The van der Waals surface area contributed by atoms with E-state index in [9.17, 15) is 4.39 Å². The summed E-state index contributed by atoms with van der Waals surface area (Å²) in [7, 11) is 0. The molecule has 1 aliphatic rings. The van der Waals surface area contributed by atoms with E-state index in [4.69, 9.17) is 10.5 Å². The summed E-state index contributed by atoms with van der Waals surface area (Å²) in [6.07, 6.45) is 9.56. The Bertz CT molecular complexity index is 1500. The molecular formula is C27H28FN7O. The largest absolute Gasteiger partial charge is 0.373 e. The molecule has 0 atom stereocenters. The van der Waals surface area contributed by atoms with Crippen LogP contribution < -0.4 is 11.1 Å². The lowest BCUT2D eigenvalue weighted by molar-refractivity contribution is 0.0143. The molecule has 36 heavy (non-hydrogen) atoms. The van der Waals surface area contributed by atoms with Gasteiger partial charge < -0.3 is 15.8 Å². The number of fused-ring (bicyclic) bond motifs is 2. The summed E-state index contributed by atoms with van der Waals surface area (Å²) in [6.45, 7) is 1.01. The number of hydrogen-bond acceptors (Lipinski definition) is 6. The Balaban J connectivity index is 1.21. The van der Waals surface area contributed by atoms with E-state index < -0.39 is 0 Å². The molecule has 3 aromatic heterocycles. The predicted octanol–water partition coefficient (Wildman–Crippen LogP) is 4.80. The number of rotatable bonds is 7. The van der Waals surface area contributed by atoms with Crippen LogP contribution in [0.3, 0.4) is 0 Å². The molecule has 9 heteroatoms. The van der Waals surface area contributed by atoms with Gasteiger partial charge in [-0.15, -0.1) is 0 Å². The van der Waals surface area contributed by atoms with Gasteiger partial charge in [-0.1, -0.05) is 12.1 Å². The first kappa shape index (κ1) is 22.6. The number of halogens is 1. The molecule has 1 saturated carbocycles. The lowest BCUT2D eigenvalue weighted by Gasteiger charge is -2.26. The third kappa shape index (κ3) is 4.67. The normalized spacial score (nSPS) is 18.2. The average Bonchev–Trinajstić information content (AvgIpc) is 3.48. The molecule has 3 heterocycles. The van der Waals surface area contributed by atoms with Gasteiger partial charge in [0.05, 0.1) is 31.0 Å². The van der Waals surface area contributed by atoms with Crippen molar-refractivity contribution in [2.45, 2.75) is 51.0 Å². The molecule has 5 aromatic rings. The molecule has 0 spiro atoms. The second-order valence-electron chi connectivity index (χ2n) is 9.42. The van der Waals surface area contributed by atoms with Gasteiger partial charge in [-0.25, -0.2) is 13.9 Å². The summed E-state index contributed by atoms with van der Waals surface area (Å²) < 4.78 is 23.5. The fourth-order valence-corrected chi connectivity index (χ4v) is 4.92. The van der Waals surface area contributed by atoms with Crippen LogP contribution in [0.2, 0.25) is 0 Å². The fraction of sp³-hybridized carbons (Fsp3) is 0.296. The lowest BCUT2D eigenvalue weighted by Crippen LogP contribution is -2.30. The molecule has 0 saturated heterocycles. The molecule has 1 aliphatic carbocycles. The van der Waals surface area contributed by atoms with Gasteiger partial charge in [-0.3, -0.25) is 4.68 Å². The number of hydrogen-bond donors (Lipinski definition) is 2. The van der Waals surface area contributed by atoms with Gasteiger partial charge >= 0.3 is 0 Å². The highest BCUT2D eigenvalue weighted by Gasteiger charge is 2.20. The quantitative estimate of drug-likeness (QED) is 0.344. The van der Waals surface area contributed by atoms with Crippen molar-refractivity contribution in [3.8, 4) is 0 Å². The molecule has 0 aliphatic heterocycles. The van der Waals surface area contributed by atoms with Crippen LogP contribution >= 0.6 is 0 Å². The highest BCUT2D eigenvalue weighted by Crippen LogP contribution is 2.28. The third-order valence-electron chi connectivity index (χ3n) is 6.86. The number of benzene rings is 2. The summed E-state index contributed by atoms with van der Waals surface area (Å²) >= 11 is 0. The van der Waals surface area contributed by atoms with Gasteiger partial charge in [0, 0.05) is 28.9 Å². The summed E-state index contributed by atoms with van der Waals surface area (Å²) in [5, 5.41) is 13.3. The maximum Gasteiger partial charge on any atom is 0.158 e. The van der Waals surface area contributed by atoms with E-state index in [-0.39, 0.29) is 11.9 Å². The van der Waals surface area contributed by atoms with Crippen molar-refractivity contribution in [1.82, 2.24) is 24.4 Å². The summed E-state index contributed by atoms with van der Waals surface area (Å²) in [5.74, 6) is 0.468. The summed E-state index contributed by atoms with van der Waals surface area (Å²) in [5.41, 5.74) is 10.7. The van der Waals surface area contributed by atoms with Crippen molar-refractivity contribution >= 4 is 27.9 Å². The predicted molar refractivity (Wildman–Crippen MR) is 137 cm³/mol. The lowest BCUT2D eigenvalue weighted by atomic mass is 9.94. The summed E-state index contributed by atoms with van der Waals surface area (Å²) in [6, 6.07) is 15.0. The van der Waals surface area contributed by atoms with Crippen LogP contribution in [0, 0.1) is 5.82 Å². The second kappa shape index (κ2) is 9.67. The second-order valence-corrected chi connectivity index (χ2v) is 9.42. The molecule has 3 N–H and O–H groups in total.